The largest absolute Gasteiger partial charge is 0.480 e. The van der Waals surface area contributed by atoms with Gasteiger partial charge in [-0.3, -0.25) is 9.79 Å². The van der Waals surface area contributed by atoms with Crippen molar-refractivity contribution in [1.82, 2.24) is 4.90 Å². The number of nitrogen functional groups attached to an aromatic ring is 1. The summed E-state index contributed by atoms with van der Waals surface area (Å²) in [5.74, 6) is -2.32. The number of likely N-dealkylation sites (tertiary alicyclic amines) is 1. The molecule has 1 unspecified atom stereocenters. The standard InChI is InChI=1S/C21H22Cl2F2N4O2/c1-11(27-9-17(30)31)18-15(25)7-12(8-16(18)26)28-21(5-6-29(2)10-21)19-14(24)4-3-13(22)20(19)23/h3-4,7-8,28H,5-6,9-10,26H2,1-2H3,(H,30,31). The fraction of sp³-hybridized carbons (Fsp3) is 0.333. The molecule has 1 heterocycles. The molecule has 0 spiro atoms. The highest BCUT2D eigenvalue weighted by Crippen LogP contribution is 2.43. The minimum Gasteiger partial charge on any atom is -0.480 e. The van der Waals surface area contributed by atoms with Crippen LogP contribution >= 0.6 is 23.2 Å². The molecule has 3 rings (SSSR count). The number of likely N-dealkylation sites (N-methyl/N-ethyl adjacent to an activating group) is 1. The van der Waals surface area contributed by atoms with Crippen molar-refractivity contribution >= 4 is 46.3 Å². The molecule has 1 saturated heterocycles. The summed E-state index contributed by atoms with van der Waals surface area (Å²) >= 11 is 12.5. The lowest BCUT2D eigenvalue weighted by Crippen LogP contribution is -2.39. The minimum atomic E-state index is -1.13. The molecule has 1 aliphatic rings. The number of benzene rings is 2. The highest BCUT2D eigenvalue weighted by Gasteiger charge is 2.42. The van der Waals surface area contributed by atoms with Gasteiger partial charge in [-0.15, -0.1) is 0 Å². The van der Waals surface area contributed by atoms with Gasteiger partial charge >= 0.3 is 5.97 Å². The second-order valence-electron chi connectivity index (χ2n) is 7.63. The van der Waals surface area contributed by atoms with Crippen molar-refractivity contribution < 1.29 is 18.7 Å². The highest BCUT2D eigenvalue weighted by molar-refractivity contribution is 6.42. The van der Waals surface area contributed by atoms with Gasteiger partial charge in [-0.1, -0.05) is 23.2 Å². The van der Waals surface area contributed by atoms with Crippen LogP contribution in [0.3, 0.4) is 0 Å². The summed E-state index contributed by atoms with van der Waals surface area (Å²) in [6, 6.07) is 5.38. The van der Waals surface area contributed by atoms with Crippen LogP contribution in [0, 0.1) is 11.6 Å². The van der Waals surface area contributed by atoms with Crippen LogP contribution in [0.25, 0.3) is 0 Å². The molecule has 1 fully saturated rings. The maximum absolute atomic E-state index is 14.9. The van der Waals surface area contributed by atoms with Gasteiger partial charge in [-0.25, -0.2) is 8.78 Å². The van der Waals surface area contributed by atoms with Gasteiger partial charge in [0.2, 0.25) is 0 Å². The van der Waals surface area contributed by atoms with Crippen LogP contribution in [-0.2, 0) is 10.3 Å². The minimum absolute atomic E-state index is 0.0244. The number of rotatable bonds is 6. The smallest absolute Gasteiger partial charge is 0.325 e. The average Bonchev–Trinajstić information content (AvgIpc) is 3.03. The van der Waals surface area contributed by atoms with Crippen LogP contribution in [0.2, 0.25) is 10.0 Å². The molecule has 166 valence electrons. The molecule has 0 aromatic heterocycles. The van der Waals surface area contributed by atoms with Gasteiger partial charge in [0, 0.05) is 35.7 Å². The summed E-state index contributed by atoms with van der Waals surface area (Å²) in [6.07, 6.45) is 0.503. The predicted octanol–water partition coefficient (Wildman–Crippen LogP) is 4.39. The van der Waals surface area contributed by atoms with E-state index in [-0.39, 0.29) is 32.6 Å². The van der Waals surface area contributed by atoms with E-state index in [1.54, 1.807) is 0 Å². The third-order valence-electron chi connectivity index (χ3n) is 5.30. The Balaban J connectivity index is 2.04. The number of hydrogen-bond donors (Lipinski definition) is 3. The van der Waals surface area contributed by atoms with E-state index in [1.165, 1.54) is 31.2 Å². The second-order valence-corrected chi connectivity index (χ2v) is 8.42. The number of hydrogen-bond acceptors (Lipinski definition) is 5. The second kappa shape index (κ2) is 8.98. The van der Waals surface area contributed by atoms with Gasteiger partial charge in [-0.05, 0) is 44.7 Å². The fourth-order valence-corrected chi connectivity index (χ4v) is 4.45. The van der Waals surface area contributed by atoms with E-state index >= 15 is 0 Å². The molecule has 0 amide bonds. The Kier molecular flexibility index (Phi) is 6.73. The summed E-state index contributed by atoms with van der Waals surface area (Å²) in [6.45, 7) is 2.06. The Bertz CT molecular complexity index is 1040. The first-order valence-corrected chi connectivity index (χ1v) is 10.2. The molecule has 1 aliphatic heterocycles. The average molecular weight is 471 g/mol. The molecular formula is C21H22Cl2F2N4O2. The van der Waals surface area contributed by atoms with Gasteiger partial charge < -0.3 is 21.1 Å². The van der Waals surface area contributed by atoms with Crippen molar-refractivity contribution in [1.29, 1.82) is 0 Å². The molecule has 0 bridgehead atoms. The molecule has 2 aromatic rings. The summed E-state index contributed by atoms with van der Waals surface area (Å²) in [5, 5.41) is 12.3. The molecule has 0 aliphatic carbocycles. The molecule has 2 aromatic carbocycles. The van der Waals surface area contributed by atoms with Gasteiger partial charge in [0.1, 0.15) is 18.2 Å². The van der Waals surface area contributed by atoms with Crippen molar-refractivity contribution in [3.05, 3.63) is 57.1 Å². The number of nitrogens with two attached hydrogens (primary N) is 1. The van der Waals surface area contributed by atoms with Crippen molar-refractivity contribution in [2.45, 2.75) is 18.9 Å². The van der Waals surface area contributed by atoms with Gasteiger partial charge in [0.05, 0.1) is 21.1 Å². The molecule has 4 N–H and O–H groups in total. The summed E-state index contributed by atoms with van der Waals surface area (Å²) in [4.78, 5) is 16.6. The van der Waals surface area contributed by atoms with Crippen LogP contribution < -0.4 is 11.1 Å². The summed E-state index contributed by atoms with van der Waals surface area (Å²) in [5.41, 5.74) is 5.92. The van der Waals surface area contributed by atoms with Crippen LogP contribution in [0.15, 0.2) is 29.3 Å². The van der Waals surface area contributed by atoms with Crippen LogP contribution in [0.5, 0.6) is 0 Å². The number of anilines is 2. The molecule has 10 heteroatoms. The highest BCUT2D eigenvalue weighted by atomic mass is 35.5. The number of nitrogens with one attached hydrogen (secondary N) is 1. The Morgan fingerprint density at radius 2 is 2.03 bits per heavy atom. The monoisotopic (exact) mass is 470 g/mol. The van der Waals surface area contributed by atoms with Crippen LogP contribution in [0.4, 0.5) is 20.2 Å². The first kappa shape index (κ1) is 23.2. The topological polar surface area (TPSA) is 90.9 Å². The maximum atomic E-state index is 14.9. The molecule has 1 atom stereocenters. The van der Waals surface area contributed by atoms with E-state index in [0.29, 0.717) is 25.2 Å². The molecule has 31 heavy (non-hydrogen) atoms. The number of halogens is 4. The number of nitrogens with zero attached hydrogens (tertiary/aromatic N) is 2. The molecular weight excluding hydrogens is 449 g/mol. The SMILES string of the molecule is CC(=NCC(=O)O)c1c(N)cc(NC2(c3c(F)ccc(Cl)c3Cl)CCN(C)C2)cc1F. The number of aliphatic imine (C=N–C) groups is 1. The van der Waals surface area contributed by atoms with Crippen molar-refractivity contribution in [3.8, 4) is 0 Å². The Hall–Kier alpha value is -2.42. The number of carboxylic acids is 1. The quantitative estimate of drug-likeness (QED) is 0.330. The van der Waals surface area contributed by atoms with Crippen LogP contribution in [0.1, 0.15) is 24.5 Å². The van der Waals surface area contributed by atoms with Gasteiger partial charge in [0.25, 0.3) is 0 Å². The van der Waals surface area contributed by atoms with E-state index in [0.717, 1.165) is 0 Å². The predicted molar refractivity (Wildman–Crippen MR) is 119 cm³/mol. The molecule has 6 nitrogen and oxygen atoms in total. The zero-order chi connectivity index (χ0) is 22.9. The van der Waals surface area contributed by atoms with Gasteiger partial charge in [0.15, 0.2) is 0 Å². The fourth-order valence-electron chi connectivity index (χ4n) is 3.96. The Morgan fingerprint density at radius 1 is 1.32 bits per heavy atom. The number of carbonyl (C=O) groups is 1. The van der Waals surface area contributed by atoms with E-state index in [2.05, 4.69) is 10.3 Å². The first-order valence-electron chi connectivity index (χ1n) is 9.47. The molecule has 0 saturated carbocycles. The zero-order valence-corrected chi connectivity index (χ0v) is 18.5. The number of aliphatic carboxylic acids is 1. The normalized spacial score (nSPS) is 19.6. The Morgan fingerprint density at radius 3 is 2.61 bits per heavy atom. The van der Waals surface area contributed by atoms with Crippen molar-refractivity contribution in [3.63, 3.8) is 0 Å². The van der Waals surface area contributed by atoms with Crippen LogP contribution in [-0.4, -0.2) is 48.4 Å². The van der Waals surface area contributed by atoms with E-state index in [4.69, 9.17) is 34.0 Å². The first-order chi connectivity index (χ1) is 14.5. The van der Waals surface area contributed by atoms with Crippen molar-refractivity contribution in [2.75, 3.05) is 37.7 Å². The lowest BCUT2D eigenvalue weighted by atomic mass is 9.87. The lowest BCUT2D eigenvalue weighted by Gasteiger charge is -2.33. The van der Waals surface area contributed by atoms with E-state index < -0.39 is 29.7 Å². The lowest BCUT2D eigenvalue weighted by molar-refractivity contribution is -0.135. The third kappa shape index (κ3) is 4.76. The number of carboxylic acid groups (broad SMARTS) is 1. The summed E-state index contributed by atoms with van der Waals surface area (Å²) < 4.78 is 29.8. The summed E-state index contributed by atoms with van der Waals surface area (Å²) in [7, 11) is 1.89. The maximum Gasteiger partial charge on any atom is 0.325 e. The van der Waals surface area contributed by atoms with Gasteiger partial charge in [-0.2, -0.15) is 0 Å². The third-order valence-corrected chi connectivity index (χ3v) is 6.10. The van der Waals surface area contributed by atoms with E-state index in [1.807, 2.05) is 11.9 Å². The van der Waals surface area contributed by atoms with E-state index in [9.17, 15) is 13.6 Å². The Labute approximate surface area is 188 Å². The zero-order valence-electron chi connectivity index (χ0n) is 17.0. The van der Waals surface area contributed by atoms with Crippen molar-refractivity contribution in [2.24, 2.45) is 4.99 Å². The molecule has 0 radical (unpaired) electrons.